The quantitative estimate of drug-likeness (QED) is 0.490. The molecule has 2 rings (SSSR count). The van der Waals surface area contributed by atoms with Gasteiger partial charge in [0.25, 0.3) is 5.91 Å². The van der Waals surface area contributed by atoms with Gasteiger partial charge in [0.2, 0.25) is 10.0 Å². The van der Waals surface area contributed by atoms with Crippen molar-refractivity contribution in [2.45, 2.75) is 11.3 Å². The van der Waals surface area contributed by atoms with Gasteiger partial charge in [-0.1, -0.05) is 0 Å². The molecule has 0 aromatic heterocycles. The van der Waals surface area contributed by atoms with Crippen LogP contribution in [-0.4, -0.2) is 33.4 Å². The first-order chi connectivity index (χ1) is 13.6. The lowest BCUT2D eigenvalue weighted by molar-refractivity contribution is -0.147. The average Bonchev–Trinajstić information content (AvgIpc) is 2.65. The monoisotopic (exact) mass is 434 g/mol. The summed E-state index contributed by atoms with van der Waals surface area (Å²) in [7, 11) is -4.20. The van der Waals surface area contributed by atoms with Crippen LogP contribution in [-0.2, 0) is 24.3 Å². The molecule has 2 N–H and O–H groups in total. The van der Waals surface area contributed by atoms with Crippen molar-refractivity contribution in [3.8, 4) is 0 Å². The molecular formula is C17H14F4N2O5S. The van der Waals surface area contributed by atoms with Gasteiger partial charge in [0, 0.05) is 12.6 Å². The molecule has 0 radical (unpaired) electrons. The second kappa shape index (κ2) is 9.47. The van der Waals surface area contributed by atoms with Gasteiger partial charge >= 0.3 is 5.97 Å². The normalized spacial score (nSPS) is 11.2. The third kappa shape index (κ3) is 6.54. The van der Waals surface area contributed by atoms with E-state index < -0.39 is 75.3 Å². The number of halogens is 4. The molecule has 0 aliphatic rings. The molecule has 0 bridgehead atoms. The van der Waals surface area contributed by atoms with E-state index in [1.54, 1.807) is 0 Å². The molecule has 7 nitrogen and oxygen atoms in total. The van der Waals surface area contributed by atoms with E-state index in [0.717, 1.165) is 24.3 Å². The van der Waals surface area contributed by atoms with Gasteiger partial charge in [0.05, 0.1) is 17.0 Å². The van der Waals surface area contributed by atoms with Crippen LogP contribution in [0.3, 0.4) is 0 Å². The summed E-state index contributed by atoms with van der Waals surface area (Å²) in [6, 6.07) is 4.35. The molecule has 2 aromatic rings. The number of rotatable bonds is 8. The van der Waals surface area contributed by atoms with Crippen molar-refractivity contribution < 1.29 is 40.3 Å². The summed E-state index contributed by atoms with van der Waals surface area (Å²) in [6.07, 6.45) is -0.482. The van der Waals surface area contributed by atoms with E-state index in [1.165, 1.54) is 0 Å². The van der Waals surface area contributed by atoms with E-state index in [9.17, 15) is 35.6 Å². The lowest BCUT2D eigenvalue weighted by atomic mass is 10.3. The maximum absolute atomic E-state index is 13.4. The number of hydrogen-bond acceptors (Lipinski definition) is 5. The highest BCUT2D eigenvalue weighted by Gasteiger charge is 2.17. The number of ether oxygens (including phenoxy) is 1. The lowest BCUT2D eigenvalue weighted by Crippen LogP contribution is -2.28. The van der Waals surface area contributed by atoms with Gasteiger partial charge in [-0.05, 0) is 30.3 Å². The molecule has 0 atom stereocenters. The Labute approximate surface area is 162 Å². The number of carbonyl (C=O) groups excluding carboxylic acids is 2. The van der Waals surface area contributed by atoms with Crippen molar-refractivity contribution >= 4 is 27.6 Å². The van der Waals surface area contributed by atoms with Gasteiger partial charge in [0.15, 0.2) is 18.2 Å². The summed E-state index contributed by atoms with van der Waals surface area (Å²) < 4.78 is 82.8. The minimum Gasteiger partial charge on any atom is -0.456 e. The lowest BCUT2D eigenvalue weighted by Gasteiger charge is -2.09. The Balaban J connectivity index is 1.78. The largest absolute Gasteiger partial charge is 0.456 e. The Morgan fingerprint density at radius 3 is 2.31 bits per heavy atom. The van der Waals surface area contributed by atoms with E-state index in [4.69, 9.17) is 0 Å². The molecular weight excluding hydrogens is 420 g/mol. The minimum atomic E-state index is -4.20. The zero-order valence-electron chi connectivity index (χ0n) is 14.5. The number of benzene rings is 2. The first kappa shape index (κ1) is 22.3. The van der Waals surface area contributed by atoms with Crippen LogP contribution < -0.4 is 10.0 Å². The van der Waals surface area contributed by atoms with Crippen molar-refractivity contribution in [2.75, 3.05) is 18.5 Å². The van der Waals surface area contributed by atoms with Crippen LogP contribution in [0.4, 0.5) is 23.2 Å². The van der Waals surface area contributed by atoms with E-state index in [0.29, 0.717) is 12.1 Å². The fraction of sp³-hybridized carbons (Fsp3) is 0.176. The van der Waals surface area contributed by atoms with Crippen LogP contribution in [0, 0.1) is 23.3 Å². The van der Waals surface area contributed by atoms with Gasteiger partial charge in [0.1, 0.15) is 11.6 Å². The van der Waals surface area contributed by atoms with E-state index in [-0.39, 0.29) is 0 Å². The van der Waals surface area contributed by atoms with Crippen molar-refractivity contribution in [2.24, 2.45) is 0 Å². The minimum absolute atomic E-state index is 0.440. The average molecular weight is 434 g/mol. The van der Waals surface area contributed by atoms with Gasteiger partial charge < -0.3 is 10.1 Å². The maximum atomic E-state index is 13.4. The summed E-state index contributed by atoms with van der Waals surface area (Å²) in [5, 5.41) is 2.01. The van der Waals surface area contributed by atoms with Crippen LogP contribution >= 0.6 is 0 Å². The SMILES string of the molecule is O=C(COC(=O)CCNS(=O)(=O)c1ccc(F)c(F)c1)Nc1cc(F)ccc1F. The van der Waals surface area contributed by atoms with Crippen LogP contribution in [0.2, 0.25) is 0 Å². The number of sulfonamides is 1. The highest BCUT2D eigenvalue weighted by atomic mass is 32.2. The summed E-state index contributed by atoms with van der Waals surface area (Å²) >= 11 is 0. The predicted molar refractivity (Wildman–Crippen MR) is 92.1 cm³/mol. The number of esters is 1. The number of hydrogen-bond donors (Lipinski definition) is 2. The Morgan fingerprint density at radius 1 is 0.931 bits per heavy atom. The molecule has 0 aliphatic heterocycles. The molecule has 0 heterocycles. The fourth-order valence-corrected chi connectivity index (χ4v) is 3.06. The van der Waals surface area contributed by atoms with E-state index >= 15 is 0 Å². The van der Waals surface area contributed by atoms with E-state index in [2.05, 4.69) is 4.74 Å². The second-order valence-electron chi connectivity index (χ2n) is 5.56. The van der Waals surface area contributed by atoms with Crippen molar-refractivity contribution in [3.05, 3.63) is 59.7 Å². The molecule has 0 aliphatic carbocycles. The molecule has 0 saturated heterocycles. The zero-order chi connectivity index (χ0) is 21.6. The maximum Gasteiger partial charge on any atom is 0.307 e. The molecule has 29 heavy (non-hydrogen) atoms. The summed E-state index contributed by atoms with van der Waals surface area (Å²) in [5.41, 5.74) is -0.440. The van der Waals surface area contributed by atoms with Gasteiger partial charge in [-0.15, -0.1) is 0 Å². The topological polar surface area (TPSA) is 102 Å². The van der Waals surface area contributed by atoms with Crippen molar-refractivity contribution in [3.63, 3.8) is 0 Å². The first-order valence-corrected chi connectivity index (χ1v) is 9.42. The fourth-order valence-electron chi connectivity index (χ4n) is 2.01. The first-order valence-electron chi connectivity index (χ1n) is 7.94. The summed E-state index contributed by atoms with van der Waals surface area (Å²) in [6.45, 7) is -1.26. The highest BCUT2D eigenvalue weighted by Crippen LogP contribution is 2.15. The Kier molecular flexibility index (Phi) is 7.29. The standard InChI is InChI=1S/C17H14F4N2O5S/c18-10-1-3-13(20)15(7-10)23-16(24)9-28-17(25)5-6-22-29(26,27)11-2-4-12(19)14(21)8-11/h1-4,7-8,22H,5-6,9H2,(H,23,24). The molecule has 2 aromatic carbocycles. The number of anilines is 1. The number of amides is 1. The molecule has 12 heteroatoms. The van der Waals surface area contributed by atoms with Gasteiger partial charge in [-0.2, -0.15) is 0 Å². The second-order valence-corrected chi connectivity index (χ2v) is 7.32. The molecule has 0 spiro atoms. The van der Waals surface area contributed by atoms with Crippen molar-refractivity contribution in [1.29, 1.82) is 0 Å². The predicted octanol–water partition coefficient (Wildman–Crippen LogP) is 2.09. The van der Waals surface area contributed by atoms with Crippen LogP contribution in [0.1, 0.15) is 6.42 Å². The van der Waals surface area contributed by atoms with Crippen molar-refractivity contribution in [1.82, 2.24) is 4.72 Å². The number of nitrogens with one attached hydrogen (secondary N) is 2. The summed E-state index contributed by atoms with van der Waals surface area (Å²) in [4.78, 5) is 22.6. The molecule has 0 saturated carbocycles. The van der Waals surface area contributed by atoms with Crippen LogP contribution in [0.25, 0.3) is 0 Å². The number of carbonyl (C=O) groups is 2. The van der Waals surface area contributed by atoms with Gasteiger partial charge in [-0.25, -0.2) is 30.7 Å². The Bertz CT molecular complexity index is 1030. The molecule has 0 unspecified atom stereocenters. The Morgan fingerprint density at radius 2 is 1.62 bits per heavy atom. The third-order valence-electron chi connectivity index (χ3n) is 3.39. The molecule has 1 amide bonds. The molecule has 156 valence electrons. The highest BCUT2D eigenvalue weighted by molar-refractivity contribution is 7.89. The van der Waals surface area contributed by atoms with Gasteiger partial charge in [-0.3, -0.25) is 9.59 Å². The zero-order valence-corrected chi connectivity index (χ0v) is 15.4. The Hall–Kier alpha value is -2.99. The van der Waals surface area contributed by atoms with E-state index in [1.807, 2.05) is 10.0 Å². The van der Waals surface area contributed by atoms with Crippen LogP contribution in [0.15, 0.2) is 41.3 Å². The van der Waals surface area contributed by atoms with Crippen LogP contribution in [0.5, 0.6) is 0 Å². The summed E-state index contributed by atoms with van der Waals surface area (Å²) in [5.74, 6) is -6.15. The smallest absolute Gasteiger partial charge is 0.307 e. The molecule has 0 fully saturated rings. The third-order valence-corrected chi connectivity index (χ3v) is 4.85.